The van der Waals surface area contributed by atoms with Crippen molar-refractivity contribution < 1.29 is 19.1 Å². The normalized spacial score (nSPS) is 23.1. The minimum absolute atomic E-state index is 0.0207. The molecule has 0 aliphatic carbocycles. The first-order valence-electron chi connectivity index (χ1n) is 12.5. The van der Waals surface area contributed by atoms with Crippen LogP contribution in [0.3, 0.4) is 0 Å². The Balaban J connectivity index is 1.53. The number of nitrogens with two attached hydrogens (primary N) is 1. The number of carbonyl (C=O) groups excluding carboxylic acids is 3. The molecule has 7 heteroatoms. The summed E-state index contributed by atoms with van der Waals surface area (Å²) in [6.45, 7) is 3.75. The second-order valence-electron chi connectivity index (χ2n) is 9.89. The van der Waals surface area contributed by atoms with Crippen LogP contribution in [0.25, 0.3) is 0 Å². The van der Waals surface area contributed by atoms with E-state index in [-0.39, 0.29) is 23.8 Å². The Morgan fingerprint density at radius 3 is 2.11 bits per heavy atom. The molecular formula is C28H35N3O4. The third-order valence-corrected chi connectivity index (χ3v) is 7.13. The smallest absolute Gasteiger partial charge is 0.329 e. The standard InChI is InChI=1S/C28H35N3O4/c1-18(2)24(29)26(32)30-22-15-9-14-21-16-17-23(31(21)27(22)33)28(34)35-25(19-10-5-3-6-11-19)20-12-7-4-8-13-20/h3-8,10-13,18,21-25H,9,14-17,29H2,1-2H3,(H,30,32)/t21-,22-,23-,24-/m0/s1. The van der Waals surface area contributed by atoms with Crippen LogP contribution in [0.1, 0.15) is 63.2 Å². The van der Waals surface area contributed by atoms with Crippen LogP contribution in [0.5, 0.6) is 0 Å². The molecular weight excluding hydrogens is 442 g/mol. The summed E-state index contributed by atoms with van der Waals surface area (Å²) in [7, 11) is 0. The maximum Gasteiger partial charge on any atom is 0.329 e. The number of benzene rings is 2. The fourth-order valence-corrected chi connectivity index (χ4v) is 5.08. The van der Waals surface area contributed by atoms with Crippen molar-refractivity contribution in [3.63, 3.8) is 0 Å². The van der Waals surface area contributed by atoms with Crippen LogP contribution >= 0.6 is 0 Å². The summed E-state index contributed by atoms with van der Waals surface area (Å²) in [6, 6.07) is 17.2. The van der Waals surface area contributed by atoms with Crippen LogP contribution in [-0.2, 0) is 19.1 Å². The molecule has 4 atom stereocenters. The van der Waals surface area contributed by atoms with Crippen LogP contribution in [0.15, 0.2) is 60.7 Å². The lowest BCUT2D eigenvalue weighted by Gasteiger charge is -2.31. The van der Waals surface area contributed by atoms with Crippen molar-refractivity contribution in [3.8, 4) is 0 Å². The highest BCUT2D eigenvalue weighted by Gasteiger charge is 2.46. The van der Waals surface area contributed by atoms with E-state index in [2.05, 4.69) is 5.32 Å². The Kier molecular flexibility index (Phi) is 7.86. The van der Waals surface area contributed by atoms with E-state index in [0.29, 0.717) is 12.8 Å². The minimum Gasteiger partial charge on any atom is -0.451 e. The molecule has 0 aromatic heterocycles. The summed E-state index contributed by atoms with van der Waals surface area (Å²) in [5, 5.41) is 2.85. The highest BCUT2D eigenvalue weighted by atomic mass is 16.5. The number of rotatable bonds is 7. The molecule has 2 saturated heterocycles. The summed E-state index contributed by atoms with van der Waals surface area (Å²) in [4.78, 5) is 41.3. The maximum absolute atomic E-state index is 13.6. The van der Waals surface area contributed by atoms with E-state index >= 15 is 0 Å². The van der Waals surface area contributed by atoms with Gasteiger partial charge in [0.2, 0.25) is 11.8 Å². The van der Waals surface area contributed by atoms with E-state index in [9.17, 15) is 14.4 Å². The van der Waals surface area contributed by atoms with Gasteiger partial charge in [-0.05, 0) is 49.1 Å². The van der Waals surface area contributed by atoms with Crippen molar-refractivity contribution in [2.75, 3.05) is 0 Å². The van der Waals surface area contributed by atoms with Gasteiger partial charge in [-0.3, -0.25) is 9.59 Å². The number of nitrogens with zero attached hydrogens (tertiary/aromatic N) is 1. The van der Waals surface area contributed by atoms with Gasteiger partial charge in [-0.15, -0.1) is 0 Å². The van der Waals surface area contributed by atoms with Crippen LogP contribution in [0.4, 0.5) is 0 Å². The van der Waals surface area contributed by atoms with Gasteiger partial charge in [0.15, 0.2) is 6.10 Å². The molecule has 2 fully saturated rings. The van der Waals surface area contributed by atoms with Crippen molar-refractivity contribution in [1.29, 1.82) is 0 Å². The molecule has 35 heavy (non-hydrogen) atoms. The van der Waals surface area contributed by atoms with E-state index in [4.69, 9.17) is 10.5 Å². The minimum atomic E-state index is -0.682. The Hall–Kier alpha value is -3.19. The molecule has 2 aliphatic rings. The molecule has 0 unspecified atom stereocenters. The largest absolute Gasteiger partial charge is 0.451 e. The van der Waals surface area contributed by atoms with E-state index in [0.717, 1.165) is 30.4 Å². The van der Waals surface area contributed by atoms with E-state index < -0.39 is 30.2 Å². The average molecular weight is 478 g/mol. The Morgan fingerprint density at radius 1 is 0.943 bits per heavy atom. The third-order valence-electron chi connectivity index (χ3n) is 7.13. The number of carbonyl (C=O) groups is 3. The van der Waals surface area contributed by atoms with Crippen LogP contribution in [0, 0.1) is 5.92 Å². The van der Waals surface area contributed by atoms with Gasteiger partial charge in [0, 0.05) is 6.04 Å². The molecule has 2 aliphatic heterocycles. The number of hydrogen-bond donors (Lipinski definition) is 2. The van der Waals surface area contributed by atoms with Crippen molar-refractivity contribution in [2.45, 2.75) is 76.2 Å². The second kappa shape index (κ2) is 11.0. The molecule has 0 spiro atoms. The van der Waals surface area contributed by atoms with Gasteiger partial charge < -0.3 is 20.7 Å². The number of ether oxygens (including phenoxy) is 1. The fourth-order valence-electron chi connectivity index (χ4n) is 5.08. The number of nitrogens with one attached hydrogen (secondary N) is 1. The topological polar surface area (TPSA) is 102 Å². The Labute approximate surface area is 207 Å². The Morgan fingerprint density at radius 2 is 1.54 bits per heavy atom. The number of esters is 1. The molecule has 186 valence electrons. The highest BCUT2D eigenvalue weighted by molar-refractivity contribution is 5.93. The lowest BCUT2D eigenvalue weighted by Crippen LogP contribution is -2.55. The molecule has 0 bridgehead atoms. The molecule has 4 rings (SSSR count). The first-order valence-corrected chi connectivity index (χ1v) is 12.5. The van der Waals surface area contributed by atoms with Gasteiger partial charge in [-0.25, -0.2) is 4.79 Å². The maximum atomic E-state index is 13.6. The zero-order valence-electron chi connectivity index (χ0n) is 20.4. The molecule has 2 heterocycles. The van der Waals surface area contributed by atoms with E-state index in [1.807, 2.05) is 74.5 Å². The predicted octanol–water partition coefficient (Wildman–Crippen LogP) is 3.33. The molecule has 2 amide bonds. The number of hydrogen-bond acceptors (Lipinski definition) is 5. The molecule has 2 aromatic rings. The first kappa shape index (κ1) is 24.9. The molecule has 7 nitrogen and oxygen atoms in total. The lowest BCUT2D eigenvalue weighted by atomic mass is 10.0. The third kappa shape index (κ3) is 5.56. The molecule has 0 radical (unpaired) electrons. The van der Waals surface area contributed by atoms with Gasteiger partial charge in [0.05, 0.1) is 6.04 Å². The predicted molar refractivity (Wildman–Crippen MR) is 133 cm³/mol. The van der Waals surface area contributed by atoms with Crippen molar-refractivity contribution >= 4 is 17.8 Å². The van der Waals surface area contributed by atoms with Crippen molar-refractivity contribution in [1.82, 2.24) is 10.2 Å². The van der Waals surface area contributed by atoms with Crippen molar-refractivity contribution in [2.24, 2.45) is 11.7 Å². The molecule has 0 saturated carbocycles. The van der Waals surface area contributed by atoms with Gasteiger partial charge >= 0.3 is 5.97 Å². The second-order valence-corrected chi connectivity index (χ2v) is 9.89. The van der Waals surface area contributed by atoms with Gasteiger partial charge in [0.1, 0.15) is 12.1 Å². The highest BCUT2D eigenvalue weighted by Crippen LogP contribution is 2.34. The Bertz CT molecular complexity index is 988. The molecule has 2 aromatic carbocycles. The van der Waals surface area contributed by atoms with Crippen molar-refractivity contribution in [3.05, 3.63) is 71.8 Å². The quantitative estimate of drug-likeness (QED) is 0.596. The summed E-state index contributed by atoms with van der Waals surface area (Å²) in [6.07, 6.45) is 2.88. The van der Waals surface area contributed by atoms with E-state index in [1.54, 1.807) is 4.90 Å². The zero-order chi connectivity index (χ0) is 24.9. The lowest BCUT2D eigenvalue weighted by molar-refractivity contribution is -0.158. The van der Waals surface area contributed by atoms with Gasteiger partial charge in [-0.1, -0.05) is 74.5 Å². The number of amides is 2. The van der Waals surface area contributed by atoms with Gasteiger partial charge in [0.25, 0.3) is 0 Å². The summed E-state index contributed by atoms with van der Waals surface area (Å²) in [5.41, 5.74) is 7.74. The zero-order valence-corrected chi connectivity index (χ0v) is 20.4. The SMILES string of the molecule is CC(C)[C@H](N)C(=O)N[C@H]1CCC[C@H]2CC[C@@H](C(=O)OC(c3ccccc3)c3ccccc3)N2C1=O. The average Bonchev–Trinajstić information content (AvgIpc) is 3.24. The first-order chi connectivity index (χ1) is 16.9. The van der Waals surface area contributed by atoms with E-state index in [1.165, 1.54) is 0 Å². The number of fused-ring (bicyclic) bond motifs is 1. The van der Waals surface area contributed by atoms with Crippen LogP contribution in [0.2, 0.25) is 0 Å². The van der Waals surface area contributed by atoms with Gasteiger partial charge in [-0.2, -0.15) is 0 Å². The monoisotopic (exact) mass is 477 g/mol. The van der Waals surface area contributed by atoms with Crippen LogP contribution < -0.4 is 11.1 Å². The summed E-state index contributed by atoms with van der Waals surface area (Å²) in [5.74, 6) is -0.994. The summed E-state index contributed by atoms with van der Waals surface area (Å²) < 4.78 is 6.09. The summed E-state index contributed by atoms with van der Waals surface area (Å²) >= 11 is 0. The molecule has 3 N–H and O–H groups in total. The van der Waals surface area contributed by atoms with Crippen LogP contribution in [-0.4, -0.2) is 46.9 Å². The fraction of sp³-hybridized carbons (Fsp3) is 0.464.